The van der Waals surface area contributed by atoms with Gasteiger partial charge in [0, 0.05) is 25.6 Å². The molecule has 2 N–H and O–H groups in total. The molecular formula is C18H20BrF3N4S. The largest absolute Gasteiger partial charge is 0.436 e. The minimum absolute atomic E-state index is 0.0884. The van der Waals surface area contributed by atoms with Crippen molar-refractivity contribution in [3.63, 3.8) is 0 Å². The normalized spacial score (nSPS) is 14.2. The molecule has 146 valence electrons. The fourth-order valence-corrected chi connectivity index (χ4v) is 3.83. The van der Waals surface area contributed by atoms with Gasteiger partial charge in [-0.05, 0) is 53.0 Å². The summed E-state index contributed by atoms with van der Waals surface area (Å²) < 4.78 is 40.9. The molecule has 0 saturated heterocycles. The van der Waals surface area contributed by atoms with Crippen molar-refractivity contribution in [1.29, 1.82) is 0 Å². The van der Waals surface area contributed by atoms with Gasteiger partial charge >= 0.3 is 6.18 Å². The van der Waals surface area contributed by atoms with Crippen LogP contribution in [0, 0.1) is 0 Å². The first-order valence-electron chi connectivity index (χ1n) is 8.75. The predicted octanol–water partition coefficient (Wildman–Crippen LogP) is 4.60. The Labute approximate surface area is 169 Å². The van der Waals surface area contributed by atoms with Gasteiger partial charge < -0.3 is 10.6 Å². The molecule has 0 spiro atoms. The summed E-state index contributed by atoms with van der Waals surface area (Å²) in [6.07, 6.45) is -2.01. The summed E-state index contributed by atoms with van der Waals surface area (Å²) in [6.45, 7) is 1.60. The van der Waals surface area contributed by atoms with Crippen molar-refractivity contribution < 1.29 is 13.2 Å². The van der Waals surface area contributed by atoms with Crippen LogP contribution >= 0.6 is 28.1 Å². The van der Waals surface area contributed by atoms with Crippen LogP contribution in [0.4, 0.5) is 13.2 Å². The lowest BCUT2D eigenvalue weighted by Gasteiger charge is -2.11. The summed E-state index contributed by atoms with van der Waals surface area (Å²) >= 11 is 8.34. The third-order valence-electron chi connectivity index (χ3n) is 4.29. The van der Waals surface area contributed by atoms with Gasteiger partial charge in [-0.1, -0.05) is 30.3 Å². The first-order chi connectivity index (χ1) is 12.9. The number of hydrogen-bond donors (Lipinski definition) is 2. The summed E-state index contributed by atoms with van der Waals surface area (Å²) in [6, 6.07) is 9.88. The van der Waals surface area contributed by atoms with Crippen LogP contribution in [0.1, 0.15) is 42.1 Å². The van der Waals surface area contributed by atoms with Crippen molar-refractivity contribution in [2.45, 2.75) is 44.4 Å². The predicted molar refractivity (Wildman–Crippen MR) is 105 cm³/mol. The highest BCUT2D eigenvalue weighted by Gasteiger charge is 2.41. The molecule has 0 atom stereocenters. The van der Waals surface area contributed by atoms with Gasteiger partial charge in [0.05, 0.1) is 10.2 Å². The zero-order valence-electron chi connectivity index (χ0n) is 14.5. The highest BCUT2D eigenvalue weighted by atomic mass is 79.9. The van der Waals surface area contributed by atoms with Crippen molar-refractivity contribution in [1.82, 2.24) is 20.4 Å². The zero-order valence-corrected chi connectivity index (χ0v) is 16.9. The molecule has 0 amide bonds. The van der Waals surface area contributed by atoms with Crippen LogP contribution in [0.25, 0.3) is 0 Å². The molecule has 1 saturated carbocycles. The number of hydrogen-bond acceptors (Lipinski definition) is 2. The van der Waals surface area contributed by atoms with Gasteiger partial charge in [0.25, 0.3) is 0 Å². The van der Waals surface area contributed by atoms with Crippen LogP contribution in [0.2, 0.25) is 0 Å². The number of aryl methyl sites for hydroxylation is 1. The molecule has 27 heavy (non-hydrogen) atoms. The number of rotatable bonds is 7. The van der Waals surface area contributed by atoms with Crippen molar-refractivity contribution >= 4 is 33.3 Å². The number of thiocarbonyl (C=S) groups is 1. The maximum absolute atomic E-state index is 13.1. The number of benzene rings is 1. The van der Waals surface area contributed by atoms with Gasteiger partial charge in [-0.25, -0.2) is 0 Å². The zero-order chi connectivity index (χ0) is 19.4. The third kappa shape index (κ3) is 5.44. The van der Waals surface area contributed by atoms with Crippen molar-refractivity contribution in [3.05, 3.63) is 51.8 Å². The Balaban J connectivity index is 1.48. The van der Waals surface area contributed by atoms with Gasteiger partial charge in [-0.15, -0.1) is 0 Å². The molecule has 0 unspecified atom stereocenters. The second kappa shape index (κ2) is 8.60. The Kier molecular flexibility index (Phi) is 6.41. The SMILES string of the molecule is FC(F)(F)c1nn(CCCNC(=S)NCc2ccccc2)c(C2CC2)c1Br. The summed E-state index contributed by atoms with van der Waals surface area (Å²) in [4.78, 5) is 0. The monoisotopic (exact) mass is 460 g/mol. The van der Waals surface area contributed by atoms with Crippen LogP contribution in [-0.2, 0) is 19.3 Å². The smallest absolute Gasteiger partial charge is 0.363 e. The first kappa shape index (κ1) is 20.1. The van der Waals surface area contributed by atoms with Crippen molar-refractivity contribution in [2.75, 3.05) is 6.54 Å². The molecule has 0 radical (unpaired) electrons. The summed E-state index contributed by atoms with van der Waals surface area (Å²) in [5.74, 6) is 0.171. The topological polar surface area (TPSA) is 41.9 Å². The van der Waals surface area contributed by atoms with Crippen LogP contribution in [0.5, 0.6) is 0 Å². The molecule has 1 aromatic heterocycles. The Morgan fingerprint density at radius 1 is 1.22 bits per heavy atom. The van der Waals surface area contributed by atoms with E-state index in [1.165, 1.54) is 4.68 Å². The van der Waals surface area contributed by atoms with Gasteiger partial charge in [0.15, 0.2) is 10.8 Å². The third-order valence-corrected chi connectivity index (χ3v) is 5.36. The molecule has 1 aliphatic carbocycles. The van der Waals surface area contributed by atoms with Gasteiger partial charge in [-0.2, -0.15) is 18.3 Å². The maximum atomic E-state index is 13.1. The molecule has 3 rings (SSSR count). The lowest BCUT2D eigenvalue weighted by molar-refractivity contribution is -0.142. The highest BCUT2D eigenvalue weighted by molar-refractivity contribution is 9.10. The van der Waals surface area contributed by atoms with Crippen LogP contribution in [0.15, 0.2) is 34.8 Å². The molecule has 4 nitrogen and oxygen atoms in total. The lowest BCUT2D eigenvalue weighted by Crippen LogP contribution is -2.35. The standard InChI is InChI=1S/C18H20BrF3N4S/c19-14-15(13-7-8-13)26(25-16(14)18(20,21)22)10-4-9-23-17(27)24-11-12-5-2-1-3-6-12/h1-3,5-6,13H,4,7-11H2,(H2,23,24,27). The van der Waals surface area contributed by atoms with E-state index in [2.05, 4.69) is 31.7 Å². The maximum Gasteiger partial charge on any atom is 0.436 e. The second-order valence-corrected chi connectivity index (χ2v) is 7.69. The van der Waals surface area contributed by atoms with Gasteiger partial charge in [0.2, 0.25) is 0 Å². The van der Waals surface area contributed by atoms with E-state index in [9.17, 15) is 13.2 Å². The average molecular weight is 461 g/mol. The Morgan fingerprint density at radius 3 is 2.56 bits per heavy atom. The van der Waals surface area contributed by atoms with E-state index in [0.29, 0.717) is 36.9 Å². The fourth-order valence-electron chi connectivity index (χ4n) is 2.82. The quantitative estimate of drug-likeness (QED) is 0.468. The van der Waals surface area contributed by atoms with E-state index in [-0.39, 0.29) is 10.4 Å². The minimum atomic E-state index is -4.45. The Morgan fingerprint density at radius 2 is 1.93 bits per heavy atom. The van der Waals surface area contributed by atoms with Crippen molar-refractivity contribution in [2.24, 2.45) is 0 Å². The number of halogens is 4. The summed E-state index contributed by atoms with van der Waals surface area (Å²) in [5, 5.41) is 10.5. The van der Waals surface area contributed by atoms with E-state index >= 15 is 0 Å². The molecule has 1 aliphatic rings. The van der Waals surface area contributed by atoms with E-state index in [1.807, 2.05) is 30.3 Å². The molecular weight excluding hydrogens is 441 g/mol. The second-order valence-electron chi connectivity index (χ2n) is 6.49. The van der Waals surface area contributed by atoms with Crippen LogP contribution in [-0.4, -0.2) is 21.4 Å². The summed E-state index contributed by atoms with van der Waals surface area (Å²) in [7, 11) is 0. The minimum Gasteiger partial charge on any atom is -0.363 e. The Hall–Kier alpha value is -1.61. The molecule has 1 fully saturated rings. The summed E-state index contributed by atoms with van der Waals surface area (Å²) in [5.41, 5.74) is 0.946. The van der Waals surface area contributed by atoms with Crippen LogP contribution in [0.3, 0.4) is 0 Å². The molecule has 1 aromatic carbocycles. The van der Waals surface area contributed by atoms with E-state index in [4.69, 9.17) is 12.2 Å². The number of nitrogens with zero attached hydrogens (tertiary/aromatic N) is 2. The molecule has 2 aromatic rings. The number of alkyl halides is 3. The highest BCUT2D eigenvalue weighted by Crippen LogP contribution is 2.46. The molecule has 1 heterocycles. The van der Waals surface area contributed by atoms with Gasteiger partial charge in [-0.3, -0.25) is 4.68 Å². The van der Waals surface area contributed by atoms with E-state index in [0.717, 1.165) is 18.4 Å². The number of nitrogens with one attached hydrogen (secondary N) is 2. The molecule has 9 heteroatoms. The van der Waals surface area contributed by atoms with Gasteiger partial charge in [0.1, 0.15) is 0 Å². The van der Waals surface area contributed by atoms with E-state index in [1.54, 1.807) is 0 Å². The lowest BCUT2D eigenvalue weighted by atomic mass is 10.2. The van der Waals surface area contributed by atoms with Crippen molar-refractivity contribution in [3.8, 4) is 0 Å². The molecule has 0 bridgehead atoms. The average Bonchev–Trinajstić information content (AvgIpc) is 3.40. The fraction of sp³-hybridized carbons (Fsp3) is 0.444. The van der Waals surface area contributed by atoms with E-state index < -0.39 is 11.9 Å². The first-order valence-corrected chi connectivity index (χ1v) is 9.95. The molecule has 0 aliphatic heterocycles. The number of aromatic nitrogens is 2. The Bertz CT molecular complexity index is 788. The van der Waals surface area contributed by atoms with Crippen LogP contribution < -0.4 is 10.6 Å².